The second-order valence-corrected chi connectivity index (χ2v) is 7.87. The second-order valence-electron chi connectivity index (χ2n) is 7.87. The van der Waals surface area contributed by atoms with Crippen molar-refractivity contribution in [2.75, 3.05) is 34.2 Å². The number of hydrogen-bond acceptors (Lipinski definition) is 5. The summed E-state index contributed by atoms with van der Waals surface area (Å²) in [6.45, 7) is 1.43. The number of aromatic hydroxyl groups is 2. The number of likely N-dealkylation sites (N-methyl/N-ethyl adjacent to an activating group) is 1. The first kappa shape index (κ1) is 20.1. The van der Waals surface area contributed by atoms with Crippen molar-refractivity contribution in [1.82, 2.24) is 15.2 Å². The van der Waals surface area contributed by atoms with Crippen molar-refractivity contribution < 1.29 is 15.0 Å². The van der Waals surface area contributed by atoms with Gasteiger partial charge in [-0.15, -0.1) is 0 Å². The third kappa shape index (κ3) is 3.46. The summed E-state index contributed by atoms with van der Waals surface area (Å²) in [5.74, 6) is -0.0250. The number of H-pyrrole nitrogens is 1. The van der Waals surface area contributed by atoms with Crippen molar-refractivity contribution in [3.05, 3.63) is 46.5 Å². The van der Waals surface area contributed by atoms with Gasteiger partial charge >= 0.3 is 0 Å². The molecule has 0 unspecified atom stereocenters. The number of nitrogens with one attached hydrogen (secondary N) is 2. The highest BCUT2D eigenvalue weighted by molar-refractivity contribution is 6.15. The lowest BCUT2D eigenvalue weighted by atomic mass is 10.00. The molecule has 1 aliphatic heterocycles. The number of fused-ring (bicyclic) bond motifs is 2. The van der Waals surface area contributed by atoms with Crippen LogP contribution < -0.4 is 15.9 Å². The average Bonchev–Trinajstić information content (AvgIpc) is 3.22. The van der Waals surface area contributed by atoms with Crippen LogP contribution in [0.5, 0.6) is 11.5 Å². The Hall–Kier alpha value is -3.16. The van der Waals surface area contributed by atoms with Gasteiger partial charge in [-0.2, -0.15) is 0 Å². The van der Waals surface area contributed by atoms with Crippen LogP contribution in [0.15, 0.2) is 35.3 Å². The molecule has 4 N–H and O–H groups in total. The van der Waals surface area contributed by atoms with Crippen LogP contribution in [-0.4, -0.2) is 60.2 Å². The normalized spacial score (nSPS) is 13.3. The molecule has 0 spiro atoms. The Kier molecular flexibility index (Phi) is 5.32. The minimum atomic E-state index is -0.288. The molecular weight excluding hydrogens is 380 g/mol. The van der Waals surface area contributed by atoms with Crippen LogP contribution in [0, 0.1) is 0 Å². The molecule has 0 bridgehead atoms. The Balaban J connectivity index is 1.90. The number of nitrogens with zero attached hydrogens (tertiary/aromatic N) is 2. The molecule has 0 aliphatic carbocycles. The number of carbonyl (C=O) groups excluding carboxylic acids is 1. The van der Waals surface area contributed by atoms with E-state index in [-0.39, 0.29) is 17.4 Å². The number of carbonyl (C=O) groups is 1. The molecule has 1 aliphatic rings. The van der Waals surface area contributed by atoms with Gasteiger partial charge in [0, 0.05) is 28.6 Å². The summed E-state index contributed by atoms with van der Waals surface area (Å²) in [6.07, 6.45) is 1.22. The number of phenols is 2. The van der Waals surface area contributed by atoms with E-state index < -0.39 is 0 Å². The highest BCUT2D eigenvalue weighted by atomic mass is 16.3. The third-order valence-electron chi connectivity index (χ3n) is 5.51. The van der Waals surface area contributed by atoms with E-state index in [4.69, 9.17) is 0 Å². The molecule has 0 fully saturated rings. The van der Waals surface area contributed by atoms with Crippen molar-refractivity contribution in [2.24, 2.45) is 4.99 Å². The first-order chi connectivity index (χ1) is 14.4. The fourth-order valence-corrected chi connectivity index (χ4v) is 4.05. The van der Waals surface area contributed by atoms with E-state index in [0.717, 1.165) is 34.3 Å². The lowest BCUT2D eigenvalue weighted by molar-refractivity contribution is -0.112. The van der Waals surface area contributed by atoms with Gasteiger partial charge < -0.3 is 25.4 Å². The number of hydrogen-bond donors (Lipinski definition) is 4. The molecule has 3 aromatic rings. The Bertz CT molecular complexity index is 1260. The molecular formula is C23H26N4O3. The standard InChI is InChI=1S/C23H26N4O3/c1-24-9-7-14-20-16(5-4-6-18(20)28)25-22(14)13-11-17-21(19(29)12-13)15(23(30)26-17)8-10-27(2)3/h4-6,11-12,24-25,28-29H,7-10H2,1-3H3. The van der Waals surface area contributed by atoms with Crippen molar-refractivity contribution in [3.63, 3.8) is 0 Å². The summed E-state index contributed by atoms with van der Waals surface area (Å²) < 4.78 is 0. The first-order valence-electron chi connectivity index (χ1n) is 10.0. The van der Waals surface area contributed by atoms with E-state index >= 15 is 0 Å². The minimum absolute atomic E-state index is 0.0494. The predicted molar refractivity (Wildman–Crippen MR) is 117 cm³/mol. The number of aromatic amines is 1. The van der Waals surface area contributed by atoms with E-state index in [1.807, 2.05) is 38.2 Å². The number of phenolic OH excluding ortho intramolecular Hbond substituents is 2. The smallest absolute Gasteiger partial charge is 0.274 e. The van der Waals surface area contributed by atoms with Crippen molar-refractivity contribution in [3.8, 4) is 22.8 Å². The Morgan fingerprint density at radius 3 is 2.67 bits per heavy atom. The van der Waals surface area contributed by atoms with Gasteiger partial charge in [-0.25, -0.2) is 4.99 Å². The van der Waals surface area contributed by atoms with Gasteiger partial charge in [-0.3, -0.25) is 4.79 Å². The Morgan fingerprint density at radius 1 is 1.13 bits per heavy atom. The Labute approximate surface area is 174 Å². The van der Waals surface area contributed by atoms with Crippen LogP contribution in [0.1, 0.15) is 12.0 Å². The molecule has 0 saturated carbocycles. The highest BCUT2D eigenvalue weighted by Gasteiger charge is 2.22. The van der Waals surface area contributed by atoms with Gasteiger partial charge in [0.05, 0.1) is 16.3 Å². The van der Waals surface area contributed by atoms with Gasteiger partial charge in [0.1, 0.15) is 11.5 Å². The summed E-state index contributed by atoms with van der Waals surface area (Å²) >= 11 is 0. The summed E-state index contributed by atoms with van der Waals surface area (Å²) in [7, 11) is 5.77. The lowest BCUT2D eigenvalue weighted by Crippen LogP contribution is -2.25. The summed E-state index contributed by atoms with van der Waals surface area (Å²) in [5.41, 5.74) is 3.87. The van der Waals surface area contributed by atoms with Gasteiger partial charge in [0.25, 0.3) is 5.91 Å². The number of benzene rings is 2. The maximum Gasteiger partial charge on any atom is 0.274 e. The maximum absolute atomic E-state index is 12.5. The fourth-order valence-electron chi connectivity index (χ4n) is 4.05. The van der Waals surface area contributed by atoms with E-state index in [1.165, 1.54) is 0 Å². The van der Waals surface area contributed by atoms with Gasteiger partial charge in [0.2, 0.25) is 0 Å². The fraction of sp³-hybridized carbons (Fsp3) is 0.304. The number of amides is 1. The molecule has 2 heterocycles. The topological polar surface area (TPSA) is 101 Å². The summed E-state index contributed by atoms with van der Waals surface area (Å²) in [4.78, 5) is 22.0. The SMILES string of the molecule is CNCCc1c(-c2cc(O)c3c(c2)=NC(=O)C=3CCN(C)C)[nH]c2cccc(O)c12. The second kappa shape index (κ2) is 7.93. The molecule has 30 heavy (non-hydrogen) atoms. The Morgan fingerprint density at radius 2 is 1.93 bits per heavy atom. The quantitative estimate of drug-likeness (QED) is 0.473. The molecule has 2 aromatic carbocycles. The van der Waals surface area contributed by atoms with E-state index in [0.29, 0.717) is 35.5 Å². The zero-order valence-electron chi connectivity index (χ0n) is 17.4. The van der Waals surface area contributed by atoms with Crippen molar-refractivity contribution >= 4 is 22.4 Å². The molecule has 156 valence electrons. The molecule has 0 atom stereocenters. The highest BCUT2D eigenvalue weighted by Crippen LogP contribution is 2.36. The number of aromatic nitrogens is 1. The van der Waals surface area contributed by atoms with E-state index in [2.05, 4.69) is 15.3 Å². The van der Waals surface area contributed by atoms with Crippen molar-refractivity contribution in [2.45, 2.75) is 12.8 Å². The van der Waals surface area contributed by atoms with Crippen LogP contribution in [-0.2, 0) is 11.2 Å². The van der Waals surface area contributed by atoms with Crippen molar-refractivity contribution in [1.29, 1.82) is 0 Å². The summed E-state index contributed by atoms with van der Waals surface area (Å²) in [6, 6.07) is 8.88. The minimum Gasteiger partial charge on any atom is -0.507 e. The zero-order valence-corrected chi connectivity index (χ0v) is 17.4. The van der Waals surface area contributed by atoms with Gasteiger partial charge in [0.15, 0.2) is 0 Å². The monoisotopic (exact) mass is 406 g/mol. The van der Waals surface area contributed by atoms with Crippen LogP contribution in [0.25, 0.3) is 27.7 Å². The van der Waals surface area contributed by atoms with Gasteiger partial charge in [-0.05, 0) is 70.4 Å². The summed E-state index contributed by atoms with van der Waals surface area (Å²) in [5, 5.41) is 26.2. The molecule has 7 heteroatoms. The third-order valence-corrected chi connectivity index (χ3v) is 5.51. The maximum atomic E-state index is 12.5. The molecule has 1 aromatic heterocycles. The molecule has 7 nitrogen and oxygen atoms in total. The lowest BCUT2D eigenvalue weighted by Gasteiger charge is -2.09. The predicted octanol–water partition coefficient (Wildman–Crippen LogP) is 1.27. The molecule has 0 saturated heterocycles. The van der Waals surface area contributed by atoms with Crippen LogP contribution >= 0.6 is 0 Å². The van der Waals surface area contributed by atoms with E-state index in [9.17, 15) is 15.0 Å². The molecule has 4 rings (SSSR count). The van der Waals surface area contributed by atoms with Crippen LogP contribution in [0.3, 0.4) is 0 Å². The number of rotatable bonds is 7. The average molecular weight is 406 g/mol. The molecule has 0 radical (unpaired) electrons. The van der Waals surface area contributed by atoms with E-state index in [1.54, 1.807) is 18.2 Å². The van der Waals surface area contributed by atoms with Crippen LogP contribution in [0.4, 0.5) is 0 Å². The molecule has 1 amide bonds. The largest absolute Gasteiger partial charge is 0.507 e. The first-order valence-corrected chi connectivity index (χ1v) is 10.0. The van der Waals surface area contributed by atoms with Crippen LogP contribution in [0.2, 0.25) is 0 Å². The zero-order chi connectivity index (χ0) is 21.4. The van der Waals surface area contributed by atoms with Gasteiger partial charge in [-0.1, -0.05) is 6.07 Å².